The quantitative estimate of drug-likeness (QED) is 0.839. The predicted molar refractivity (Wildman–Crippen MR) is 73.9 cm³/mol. The van der Waals surface area contributed by atoms with Crippen LogP contribution in [0.1, 0.15) is 41.3 Å². The minimum Gasteiger partial charge on any atom is -0.348 e. The molecule has 0 saturated carbocycles. The Kier molecular flexibility index (Phi) is 4.02. The Labute approximate surface area is 109 Å². The molecule has 0 aliphatic carbocycles. The van der Waals surface area contributed by atoms with E-state index in [4.69, 9.17) is 0 Å². The van der Waals surface area contributed by atoms with Gasteiger partial charge in [0, 0.05) is 17.6 Å². The molecule has 2 N–H and O–H groups in total. The smallest absolute Gasteiger partial charge is 0.251 e. The Bertz CT molecular complexity index is 442. The molecule has 1 amide bonds. The fraction of sp³-hybridized carbons (Fsp3) is 0.533. The zero-order chi connectivity index (χ0) is 13.1. The average molecular weight is 246 g/mol. The van der Waals surface area contributed by atoms with E-state index in [1.54, 1.807) is 0 Å². The van der Waals surface area contributed by atoms with Gasteiger partial charge in [-0.2, -0.15) is 0 Å². The molecule has 2 atom stereocenters. The van der Waals surface area contributed by atoms with Crippen molar-refractivity contribution in [3.8, 4) is 0 Å². The van der Waals surface area contributed by atoms with E-state index in [1.807, 2.05) is 32.0 Å². The van der Waals surface area contributed by atoms with Gasteiger partial charge in [-0.25, -0.2) is 0 Å². The summed E-state index contributed by atoms with van der Waals surface area (Å²) in [6, 6.07) is 6.48. The second-order valence-electron chi connectivity index (χ2n) is 5.21. The Morgan fingerprint density at radius 1 is 1.39 bits per heavy atom. The van der Waals surface area contributed by atoms with Crippen LogP contribution in [-0.2, 0) is 0 Å². The fourth-order valence-electron chi connectivity index (χ4n) is 2.48. The van der Waals surface area contributed by atoms with Gasteiger partial charge in [-0.15, -0.1) is 0 Å². The van der Waals surface area contributed by atoms with E-state index in [1.165, 1.54) is 0 Å². The maximum absolute atomic E-state index is 12.3. The van der Waals surface area contributed by atoms with E-state index in [0.29, 0.717) is 6.04 Å². The number of hydrogen-bond acceptors (Lipinski definition) is 2. The first kappa shape index (κ1) is 13.1. The molecule has 1 aliphatic heterocycles. The van der Waals surface area contributed by atoms with E-state index >= 15 is 0 Å². The number of carbonyl (C=O) groups excluding carboxylic acids is 1. The van der Waals surface area contributed by atoms with E-state index in [0.717, 1.165) is 36.1 Å². The lowest BCUT2D eigenvalue weighted by Gasteiger charge is -2.30. The molecule has 1 aliphatic rings. The maximum atomic E-state index is 12.3. The third-order valence-corrected chi connectivity index (χ3v) is 3.93. The van der Waals surface area contributed by atoms with Crippen LogP contribution in [0.4, 0.5) is 0 Å². The molecule has 2 unspecified atom stereocenters. The zero-order valence-electron chi connectivity index (χ0n) is 11.4. The molecule has 1 saturated heterocycles. The van der Waals surface area contributed by atoms with Crippen molar-refractivity contribution < 1.29 is 4.79 Å². The Balaban J connectivity index is 2.09. The van der Waals surface area contributed by atoms with Crippen LogP contribution in [0.25, 0.3) is 0 Å². The molecule has 1 aromatic carbocycles. The number of hydrogen-bond donors (Lipinski definition) is 2. The second kappa shape index (κ2) is 5.53. The molecule has 1 aromatic rings. The van der Waals surface area contributed by atoms with Gasteiger partial charge in [0.25, 0.3) is 5.91 Å². The number of nitrogens with one attached hydrogen (secondary N) is 2. The van der Waals surface area contributed by atoms with Gasteiger partial charge in [0.2, 0.25) is 0 Å². The highest BCUT2D eigenvalue weighted by Crippen LogP contribution is 2.14. The summed E-state index contributed by atoms with van der Waals surface area (Å²) in [4.78, 5) is 12.3. The van der Waals surface area contributed by atoms with Crippen molar-refractivity contribution in [1.29, 1.82) is 0 Å². The van der Waals surface area contributed by atoms with E-state index in [9.17, 15) is 4.79 Å². The van der Waals surface area contributed by atoms with Crippen LogP contribution in [0.15, 0.2) is 18.2 Å². The largest absolute Gasteiger partial charge is 0.348 e. The molecule has 2 rings (SSSR count). The van der Waals surface area contributed by atoms with Crippen LogP contribution in [0.5, 0.6) is 0 Å². The molecule has 0 aromatic heterocycles. The molecule has 0 bridgehead atoms. The zero-order valence-corrected chi connectivity index (χ0v) is 11.4. The van der Waals surface area contributed by atoms with Gasteiger partial charge in [-0.05, 0) is 57.4 Å². The number of amides is 1. The van der Waals surface area contributed by atoms with Crippen LogP contribution in [-0.4, -0.2) is 24.5 Å². The SMILES string of the molecule is Cc1cccc(C(=O)NC2CCCNC2C)c1C. The van der Waals surface area contributed by atoms with Crippen molar-refractivity contribution in [2.45, 2.75) is 45.7 Å². The highest BCUT2D eigenvalue weighted by Gasteiger charge is 2.23. The van der Waals surface area contributed by atoms with Crippen molar-refractivity contribution in [1.82, 2.24) is 10.6 Å². The van der Waals surface area contributed by atoms with Gasteiger partial charge in [-0.1, -0.05) is 12.1 Å². The third-order valence-electron chi connectivity index (χ3n) is 3.93. The highest BCUT2D eigenvalue weighted by molar-refractivity contribution is 5.96. The van der Waals surface area contributed by atoms with Gasteiger partial charge in [0.05, 0.1) is 0 Å². The second-order valence-corrected chi connectivity index (χ2v) is 5.21. The molecule has 98 valence electrons. The number of piperidine rings is 1. The van der Waals surface area contributed by atoms with Crippen molar-refractivity contribution in [2.24, 2.45) is 0 Å². The molecule has 3 heteroatoms. The van der Waals surface area contributed by atoms with Gasteiger partial charge in [0.1, 0.15) is 0 Å². The Morgan fingerprint density at radius 3 is 2.89 bits per heavy atom. The summed E-state index contributed by atoms with van der Waals surface area (Å²) in [7, 11) is 0. The molecule has 3 nitrogen and oxygen atoms in total. The van der Waals surface area contributed by atoms with Crippen LogP contribution >= 0.6 is 0 Å². The number of benzene rings is 1. The Morgan fingerprint density at radius 2 is 2.17 bits per heavy atom. The van der Waals surface area contributed by atoms with Crippen LogP contribution in [0, 0.1) is 13.8 Å². The summed E-state index contributed by atoms with van der Waals surface area (Å²) in [5, 5.41) is 6.55. The summed E-state index contributed by atoms with van der Waals surface area (Å²) in [5.41, 5.74) is 3.04. The number of carbonyl (C=O) groups is 1. The van der Waals surface area contributed by atoms with Crippen LogP contribution in [0.2, 0.25) is 0 Å². The van der Waals surface area contributed by atoms with E-state index in [2.05, 4.69) is 17.6 Å². The van der Waals surface area contributed by atoms with Gasteiger partial charge in [0.15, 0.2) is 0 Å². The first-order valence-corrected chi connectivity index (χ1v) is 6.70. The van der Waals surface area contributed by atoms with Crippen molar-refractivity contribution in [3.05, 3.63) is 34.9 Å². The first-order chi connectivity index (χ1) is 8.59. The van der Waals surface area contributed by atoms with Crippen LogP contribution < -0.4 is 10.6 Å². The molecule has 1 heterocycles. The molecular weight excluding hydrogens is 224 g/mol. The number of rotatable bonds is 2. The summed E-state index contributed by atoms with van der Waals surface area (Å²) in [6.45, 7) is 7.23. The standard InChI is InChI=1S/C15H22N2O/c1-10-6-4-7-13(11(10)2)15(18)17-14-8-5-9-16-12(14)3/h4,6-7,12,14,16H,5,8-9H2,1-3H3,(H,17,18). The lowest BCUT2D eigenvalue weighted by Crippen LogP contribution is -2.52. The predicted octanol–water partition coefficient (Wildman–Crippen LogP) is 2.17. The molecule has 1 fully saturated rings. The molecule has 0 radical (unpaired) electrons. The first-order valence-electron chi connectivity index (χ1n) is 6.70. The lowest BCUT2D eigenvalue weighted by molar-refractivity contribution is 0.0919. The highest BCUT2D eigenvalue weighted by atomic mass is 16.1. The van der Waals surface area contributed by atoms with E-state index in [-0.39, 0.29) is 11.9 Å². The monoisotopic (exact) mass is 246 g/mol. The van der Waals surface area contributed by atoms with Crippen molar-refractivity contribution in [2.75, 3.05) is 6.54 Å². The summed E-state index contributed by atoms with van der Waals surface area (Å²) in [6.07, 6.45) is 2.19. The van der Waals surface area contributed by atoms with Crippen molar-refractivity contribution in [3.63, 3.8) is 0 Å². The van der Waals surface area contributed by atoms with Gasteiger partial charge >= 0.3 is 0 Å². The normalized spacial score (nSPS) is 23.7. The Hall–Kier alpha value is -1.35. The fourth-order valence-corrected chi connectivity index (χ4v) is 2.48. The molecular formula is C15H22N2O. The third kappa shape index (κ3) is 2.72. The van der Waals surface area contributed by atoms with Gasteiger partial charge < -0.3 is 10.6 Å². The topological polar surface area (TPSA) is 41.1 Å². The number of aryl methyl sites for hydroxylation is 1. The molecule has 0 spiro atoms. The minimum absolute atomic E-state index is 0.0525. The minimum atomic E-state index is 0.0525. The van der Waals surface area contributed by atoms with Crippen molar-refractivity contribution >= 4 is 5.91 Å². The maximum Gasteiger partial charge on any atom is 0.251 e. The van der Waals surface area contributed by atoms with Crippen LogP contribution in [0.3, 0.4) is 0 Å². The van der Waals surface area contributed by atoms with Gasteiger partial charge in [-0.3, -0.25) is 4.79 Å². The summed E-state index contributed by atoms with van der Waals surface area (Å²) in [5.74, 6) is 0.0525. The summed E-state index contributed by atoms with van der Waals surface area (Å²) < 4.78 is 0. The lowest BCUT2D eigenvalue weighted by atomic mass is 9.98. The average Bonchev–Trinajstić information content (AvgIpc) is 2.35. The van der Waals surface area contributed by atoms with E-state index < -0.39 is 0 Å². The molecule has 18 heavy (non-hydrogen) atoms. The summed E-state index contributed by atoms with van der Waals surface area (Å²) >= 11 is 0.